The summed E-state index contributed by atoms with van der Waals surface area (Å²) in [7, 11) is 0. The van der Waals surface area contributed by atoms with E-state index in [4.69, 9.17) is 0 Å². The molecule has 0 amide bonds. The van der Waals surface area contributed by atoms with Crippen molar-refractivity contribution in [2.75, 3.05) is 6.61 Å². The largest absolute Gasteiger partial charge is 0.461 e. The predicted octanol–water partition coefficient (Wildman–Crippen LogP) is 4.99. The van der Waals surface area contributed by atoms with Gasteiger partial charge in [0.1, 0.15) is 0 Å². The molecule has 0 radical (unpaired) electrons. The van der Waals surface area contributed by atoms with Crippen LogP contribution < -0.4 is 0 Å². The summed E-state index contributed by atoms with van der Waals surface area (Å²) in [6, 6.07) is 19.4. The Hall–Kier alpha value is -3.08. The molecule has 1 heterocycles. The van der Waals surface area contributed by atoms with E-state index < -0.39 is 17.5 Å². The first-order chi connectivity index (χ1) is 13.0. The molecule has 0 saturated heterocycles. The van der Waals surface area contributed by atoms with Crippen molar-refractivity contribution in [2.45, 2.75) is 19.3 Å². The maximum Gasteiger partial charge on any atom is 0.381 e. The molecule has 27 heavy (non-hydrogen) atoms. The number of hydrogen-bond donors (Lipinski definition) is 0. The summed E-state index contributed by atoms with van der Waals surface area (Å²) >= 11 is 0. The van der Waals surface area contributed by atoms with Crippen molar-refractivity contribution in [1.29, 1.82) is 0 Å². The minimum atomic E-state index is -3.67. The summed E-state index contributed by atoms with van der Waals surface area (Å²) in [5, 5.41) is 0. The number of esters is 1. The first-order valence-electron chi connectivity index (χ1n) is 8.65. The molecule has 3 aromatic rings. The van der Waals surface area contributed by atoms with Gasteiger partial charge in [-0.1, -0.05) is 60.7 Å². The van der Waals surface area contributed by atoms with E-state index >= 15 is 0 Å². The quantitative estimate of drug-likeness (QED) is 0.576. The summed E-state index contributed by atoms with van der Waals surface area (Å²) < 4.78 is 32.5. The van der Waals surface area contributed by atoms with Gasteiger partial charge in [-0.05, 0) is 30.5 Å². The predicted molar refractivity (Wildman–Crippen MR) is 99.4 cm³/mol. The molecule has 0 spiro atoms. The maximum atomic E-state index is 14.0. The molecule has 0 unspecified atom stereocenters. The Labute approximate surface area is 156 Å². The van der Waals surface area contributed by atoms with Gasteiger partial charge in [-0.2, -0.15) is 8.78 Å². The van der Waals surface area contributed by atoms with Gasteiger partial charge in [0, 0.05) is 17.3 Å². The smallest absolute Gasteiger partial charge is 0.381 e. The van der Waals surface area contributed by atoms with Crippen molar-refractivity contribution in [2.24, 2.45) is 0 Å². The Balaban J connectivity index is 1.74. The van der Waals surface area contributed by atoms with E-state index in [-0.39, 0.29) is 6.61 Å². The highest BCUT2D eigenvalue weighted by Gasteiger charge is 2.42. The number of pyridine rings is 1. The van der Waals surface area contributed by atoms with Crippen molar-refractivity contribution in [3.05, 3.63) is 89.6 Å². The SMILES string of the molecule is CCOC(=O)C(F)(F)c1ccc(-c2ccc(Cc3ccccc3)cn2)cc1. The lowest BCUT2D eigenvalue weighted by atomic mass is 10.0. The zero-order valence-corrected chi connectivity index (χ0v) is 14.9. The first-order valence-corrected chi connectivity index (χ1v) is 8.65. The Morgan fingerprint density at radius 1 is 0.963 bits per heavy atom. The van der Waals surface area contributed by atoms with Gasteiger partial charge in [-0.3, -0.25) is 4.98 Å². The molecule has 3 nitrogen and oxygen atoms in total. The van der Waals surface area contributed by atoms with Crippen LogP contribution in [0, 0.1) is 0 Å². The number of carbonyl (C=O) groups excluding carboxylic acids is 1. The second-order valence-electron chi connectivity index (χ2n) is 6.09. The number of benzene rings is 2. The van der Waals surface area contributed by atoms with Crippen molar-refractivity contribution < 1.29 is 18.3 Å². The molecular formula is C22H19F2NO2. The number of alkyl halides is 2. The van der Waals surface area contributed by atoms with Crippen LogP contribution >= 0.6 is 0 Å². The maximum absolute atomic E-state index is 14.0. The normalized spacial score (nSPS) is 11.2. The van der Waals surface area contributed by atoms with Crippen LogP contribution in [-0.2, 0) is 21.9 Å². The minimum absolute atomic E-state index is 0.0915. The van der Waals surface area contributed by atoms with Gasteiger partial charge in [0.25, 0.3) is 0 Å². The van der Waals surface area contributed by atoms with Gasteiger partial charge in [-0.15, -0.1) is 0 Å². The highest BCUT2D eigenvalue weighted by molar-refractivity contribution is 5.79. The average molecular weight is 367 g/mol. The fourth-order valence-electron chi connectivity index (χ4n) is 2.72. The molecule has 0 atom stereocenters. The molecule has 0 N–H and O–H groups in total. The molecule has 5 heteroatoms. The number of ether oxygens (including phenoxy) is 1. The van der Waals surface area contributed by atoms with Gasteiger partial charge in [-0.25, -0.2) is 4.79 Å². The number of carbonyl (C=O) groups is 1. The number of rotatable bonds is 6. The van der Waals surface area contributed by atoms with E-state index in [0.29, 0.717) is 11.3 Å². The lowest BCUT2D eigenvalue weighted by Crippen LogP contribution is -2.28. The van der Waals surface area contributed by atoms with Gasteiger partial charge < -0.3 is 4.74 Å². The zero-order valence-electron chi connectivity index (χ0n) is 14.9. The second kappa shape index (κ2) is 8.08. The van der Waals surface area contributed by atoms with Crippen LogP contribution in [-0.4, -0.2) is 17.6 Å². The third-order valence-electron chi connectivity index (χ3n) is 4.15. The van der Waals surface area contributed by atoms with E-state index in [1.807, 2.05) is 30.3 Å². The molecule has 0 bridgehead atoms. The third-order valence-corrected chi connectivity index (χ3v) is 4.15. The number of halogens is 2. The second-order valence-corrected chi connectivity index (χ2v) is 6.09. The monoisotopic (exact) mass is 367 g/mol. The Morgan fingerprint density at radius 2 is 1.67 bits per heavy atom. The molecule has 138 valence electrons. The standard InChI is InChI=1S/C22H19F2NO2/c1-2-27-21(26)22(23,24)19-11-9-18(10-12-19)20-13-8-17(15-25-20)14-16-6-4-3-5-7-16/h3-13,15H,2,14H2,1H3. The lowest BCUT2D eigenvalue weighted by molar-refractivity contribution is -0.173. The fourth-order valence-corrected chi connectivity index (χ4v) is 2.72. The Kier molecular flexibility index (Phi) is 5.60. The summed E-state index contributed by atoms with van der Waals surface area (Å²) in [5.74, 6) is -5.21. The van der Waals surface area contributed by atoms with Gasteiger partial charge >= 0.3 is 11.9 Å². The summed E-state index contributed by atoms with van der Waals surface area (Å²) in [4.78, 5) is 15.8. The topological polar surface area (TPSA) is 39.2 Å². The number of aromatic nitrogens is 1. The molecule has 1 aromatic heterocycles. The molecule has 0 aliphatic carbocycles. The van der Waals surface area contributed by atoms with E-state index in [9.17, 15) is 13.6 Å². The van der Waals surface area contributed by atoms with Gasteiger partial charge in [0.15, 0.2) is 0 Å². The summed E-state index contributed by atoms with van der Waals surface area (Å²) in [6.07, 6.45) is 2.56. The highest BCUT2D eigenvalue weighted by atomic mass is 19.3. The van der Waals surface area contributed by atoms with Crippen LogP contribution in [0.3, 0.4) is 0 Å². The van der Waals surface area contributed by atoms with Gasteiger partial charge in [0.2, 0.25) is 0 Å². The van der Waals surface area contributed by atoms with Crippen LogP contribution in [0.1, 0.15) is 23.6 Å². The van der Waals surface area contributed by atoms with Gasteiger partial charge in [0.05, 0.1) is 12.3 Å². The summed E-state index contributed by atoms with van der Waals surface area (Å²) in [6.45, 7) is 1.40. The zero-order chi connectivity index (χ0) is 19.3. The van der Waals surface area contributed by atoms with Crippen LogP contribution in [0.5, 0.6) is 0 Å². The van der Waals surface area contributed by atoms with Crippen LogP contribution in [0.25, 0.3) is 11.3 Å². The molecule has 2 aromatic carbocycles. The Morgan fingerprint density at radius 3 is 2.26 bits per heavy atom. The third kappa shape index (κ3) is 4.37. The summed E-state index contributed by atoms with van der Waals surface area (Å²) in [5.41, 5.74) is 3.24. The molecular weight excluding hydrogens is 348 g/mol. The van der Waals surface area contributed by atoms with E-state index in [2.05, 4.69) is 21.9 Å². The van der Waals surface area contributed by atoms with E-state index in [1.54, 1.807) is 6.20 Å². The van der Waals surface area contributed by atoms with Crippen LogP contribution in [0.15, 0.2) is 72.9 Å². The number of hydrogen-bond acceptors (Lipinski definition) is 3. The molecule has 0 fully saturated rings. The fraction of sp³-hybridized carbons (Fsp3) is 0.182. The van der Waals surface area contributed by atoms with Crippen molar-refractivity contribution >= 4 is 5.97 Å². The average Bonchev–Trinajstić information content (AvgIpc) is 2.70. The molecule has 3 rings (SSSR count). The van der Waals surface area contributed by atoms with Crippen LogP contribution in [0.2, 0.25) is 0 Å². The Bertz CT molecular complexity index is 892. The van der Waals surface area contributed by atoms with E-state index in [0.717, 1.165) is 12.0 Å². The first kappa shape index (κ1) is 18.7. The molecule has 0 aliphatic heterocycles. The van der Waals surface area contributed by atoms with Crippen molar-refractivity contribution in [3.63, 3.8) is 0 Å². The minimum Gasteiger partial charge on any atom is -0.461 e. The van der Waals surface area contributed by atoms with Crippen molar-refractivity contribution in [1.82, 2.24) is 4.98 Å². The van der Waals surface area contributed by atoms with Crippen LogP contribution in [0.4, 0.5) is 8.78 Å². The molecule has 0 saturated carbocycles. The molecule has 0 aliphatic rings. The van der Waals surface area contributed by atoms with E-state index in [1.165, 1.54) is 36.8 Å². The number of nitrogens with zero attached hydrogens (tertiary/aromatic N) is 1. The lowest BCUT2D eigenvalue weighted by Gasteiger charge is -2.15. The highest BCUT2D eigenvalue weighted by Crippen LogP contribution is 2.31. The van der Waals surface area contributed by atoms with Crippen molar-refractivity contribution in [3.8, 4) is 11.3 Å².